The average molecular weight is 279 g/mol. The molecule has 3 saturated carbocycles. The molecule has 0 bridgehead atoms. The van der Waals surface area contributed by atoms with Crippen molar-refractivity contribution in [2.24, 2.45) is 17.3 Å². The van der Waals surface area contributed by atoms with Crippen molar-refractivity contribution in [3.05, 3.63) is 0 Å². The predicted molar refractivity (Wildman–Crippen MR) is 83.8 cm³/mol. The van der Waals surface area contributed by atoms with E-state index in [1.807, 2.05) is 0 Å². The zero-order valence-corrected chi connectivity index (χ0v) is 13.7. The van der Waals surface area contributed by atoms with Gasteiger partial charge in [0.25, 0.3) is 0 Å². The maximum absolute atomic E-state index is 6.03. The summed E-state index contributed by atoms with van der Waals surface area (Å²) in [6, 6.07) is 1.51. The average Bonchev–Trinajstić information content (AvgIpc) is 2.94. The second kappa shape index (κ2) is 5.96. The zero-order valence-electron chi connectivity index (χ0n) is 13.7. The van der Waals surface area contributed by atoms with Crippen molar-refractivity contribution in [1.29, 1.82) is 0 Å². The maximum atomic E-state index is 6.03. The highest BCUT2D eigenvalue weighted by molar-refractivity contribution is 5.10. The molecule has 0 aromatic carbocycles. The molecule has 1 spiro atoms. The molecule has 5 atom stereocenters. The van der Waals surface area contributed by atoms with Crippen molar-refractivity contribution in [3.63, 3.8) is 0 Å². The van der Waals surface area contributed by atoms with Gasteiger partial charge in [0, 0.05) is 24.1 Å². The summed E-state index contributed by atoms with van der Waals surface area (Å²) in [4.78, 5) is 0. The number of ether oxygens (including phenoxy) is 1. The largest absolute Gasteiger partial charge is 0.378 e. The maximum Gasteiger partial charge on any atom is 0.0661 e. The minimum Gasteiger partial charge on any atom is -0.378 e. The van der Waals surface area contributed by atoms with Gasteiger partial charge >= 0.3 is 0 Å². The van der Waals surface area contributed by atoms with Crippen LogP contribution in [0.15, 0.2) is 0 Å². The first-order valence-electron chi connectivity index (χ1n) is 9.03. The van der Waals surface area contributed by atoms with Gasteiger partial charge in [0.1, 0.15) is 0 Å². The SMILES string of the molecule is CCOC1CC(NC2CCC(C)C(C)C2)C12CCCC2. The normalized spacial score (nSPS) is 43.6. The van der Waals surface area contributed by atoms with E-state index >= 15 is 0 Å². The second-order valence-electron chi connectivity index (χ2n) is 7.80. The van der Waals surface area contributed by atoms with Crippen LogP contribution in [-0.2, 0) is 4.74 Å². The van der Waals surface area contributed by atoms with Gasteiger partial charge in [-0.25, -0.2) is 0 Å². The molecule has 3 fully saturated rings. The number of hydrogen-bond acceptors (Lipinski definition) is 2. The number of hydrogen-bond donors (Lipinski definition) is 1. The monoisotopic (exact) mass is 279 g/mol. The minimum atomic E-state index is 0.502. The van der Waals surface area contributed by atoms with E-state index in [0.717, 1.165) is 30.5 Å². The zero-order chi connectivity index (χ0) is 14.2. The number of nitrogens with one attached hydrogen (secondary N) is 1. The van der Waals surface area contributed by atoms with Gasteiger partial charge in [-0.1, -0.05) is 26.7 Å². The molecule has 0 amide bonds. The van der Waals surface area contributed by atoms with Gasteiger partial charge in [0.2, 0.25) is 0 Å². The van der Waals surface area contributed by atoms with Crippen LogP contribution in [0.25, 0.3) is 0 Å². The van der Waals surface area contributed by atoms with Crippen LogP contribution in [0.3, 0.4) is 0 Å². The first-order valence-corrected chi connectivity index (χ1v) is 9.03. The molecule has 0 aromatic heterocycles. The molecule has 3 rings (SSSR count). The van der Waals surface area contributed by atoms with E-state index in [1.165, 1.54) is 51.4 Å². The van der Waals surface area contributed by atoms with Crippen molar-refractivity contribution in [2.75, 3.05) is 6.61 Å². The fourth-order valence-electron chi connectivity index (χ4n) is 5.10. The third-order valence-electron chi connectivity index (χ3n) is 6.72. The quantitative estimate of drug-likeness (QED) is 0.835. The van der Waals surface area contributed by atoms with Gasteiger partial charge in [0.05, 0.1) is 6.10 Å². The highest BCUT2D eigenvalue weighted by atomic mass is 16.5. The summed E-state index contributed by atoms with van der Waals surface area (Å²) < 4.78 is 6.03. The molecule has 3 aliphatic rings. The molecule has 0 heterocycles. The third-order valence-corrected chi connectivity index (χ3v) is 6.72. The first kappa shape index (κ1) is 14.8. The molecule has 0 saturated heterocycles. The summed E-state index contributed by atoms with van der Waals surface area (Å²) in [5.41, 5.74) is 0.502. The molecule has 3 aliphatic carbocycles. The Bertz CT molecular complexity index is 323. The van der Waals surface area contributed by atoms with E-state index in [1.54, 1.807) is 0 Å². The van der Waals surface area contributed by atoms with Crippen LogP contribution in [0, 0.1) is 17.3 Å². The molecular formula is C18H33NO. The van der Waals surface area contributed by atoms with E-state index in [0.29, 0.717) is 11.5 Å². The van der Waals surface area contributed by atoms with Gasteiger partial charge < -0.3 is 10.1 Å². The molecule has 0 radical (unpaired) electrons. The summed E-state index contributed by atoms with van der Waals surface area (Å²) in [6.45, 7) is 7.89. The highest BCUT2D eigenvalue weighted by Crippen LogP contribution is 2.55. The topological polar surface area (TPSA) is 21.3 Å². The van der Waals surface area contributed by atoms with E-state index in [4.69, 9.17) is 4.74 Å². The molecule has 2 heteroatoms. The molecule has 116 valence electrons. The summed E-state index contributed by atoms with van der Waals surface area (Å²) in [7, 11) is 0. The Morgan fingerprint density at radius 2 is 1.80 bits per heavy atom. The Morgan fingerprint density at radius 1 is 1.05 bits per heavy atom. The Morgan fingerprint density at radius 3 is 2.45 bits per heavy atom. The van der Waals surface area contributed by atoms with Crippen LogP contribution in [0.4, 0.5) is 0 Å². The lowest BCUT2D eigenvalue weighted by atomic mass is 9.60. The minimum absolute atomic E-state index is 0.502. The summed E-state index contributed by atoms with van der Waals surface area (Å²) >= 11 is 0. The van der Waals surface area contributed by atoms with Crippen molar-refractivity contribution in [3.8, 4) is 0 Å². The van der Waals surface area contributed by atoms with E-state index in [-0.39, 0.29) is 0 Å². The lowest BCUT2D eigenvalue weighted by Crippen LogP contribution is -2.64. The smallest absolute Gasteiger partial charge is 0.0661 e. The van der Waals surface area contributed by atoms with Crippen molar-refractivity contribution in [2.45, 2.75) is 90.3 Å². The molecule has 20 heavy (non-hydrogen) atoms. The fraction of sp³-hybridized carbons (Fsp3) is 1.00. The molecule has 0 aromatic rings. The van der Waals surface area contributed by atoms with Crippen LogP contribution in [0.5, 0.6) is 0 Å². The Labute approximate surface area is 125 Å². The molecule has 2 nitrogen and oxygen atoms in total. The van der Waals surface area contributed by atoms with Crippen molar-refractivity contribution in [1.82, 2.24) is 5.32 Å². The molecule has 5 unspecified atom stereocenters. The molecule has 1 N–H and O–H groups in total. The van der Waals surface area contributed by atoms with Crippen LogP contribution in [0.2, 0.25) is 0 Å². The predicted octanol–water partition coefficient (Wildman–Crippen LogP) is 4.14. The Kier molecular flexibility index (Phi) is 4.42. The Balaban J connectivity index is 1.58. The fourth-order valence-corrected chi connectivity index (χ4v) is 5.10. The van der Waals surface area contributed by atoms with Crippen molar-refractivity contribution < 1.29 is 4.74 Å². The van der Waals surface area contributed by atoms with Gasteiger partial charge in [-0.2, -0.15) is 0 Å². The standard InChI is InChI=1S/C18H33NO/c1-4-20-17-12-16(18(17)9-5-6-10-18)19-15-8-7-13(2)14(3)11-15/h13-17,19H,4-12H2,1-3H3. The number of rotatable bonds is 4. The van der Waals surface area contributed by atoms with E-state index in [9.17, 15) is 0 Å². The van der Waals surface area contributed by atoms with Crippen LogP contribution in [0.1, 0.15) is 72.1 Å². The first-order chi connectivity index (χ1) is 9.65. The van der Waals surface area contributed by atoms with Crippen LogP contribution in [-0.4, -0.2) is 24.8 Å². The van der Waals surface area contributed by atoms with E-state index in [2.05, 4.69) is 26.1 Å². The molecular weight excluding hydrogens is 246 g/mol. The van der Waals surface area contributed by atoms with Gasteiger partial charge in [-0.3, -0.25) is 0 Å². The van der Waals surface area contributed by atoms with Crippen LogP contribution >= 0.6 is 0 Å². The summed E-state index contributed by atoms with van der Waals surface area (Å²) in [6.07, 6.45) is 11.6. The molecule has 0 aliphatic heterocycles. The summed E-state index contributed by atoms with van der Waals surface area (Å²) in [5, 5.41) is 4.05. The van der Waals surface area contributed by atoms with Crippen LogP contribution < -0.4 is 5.32 Å². The van der Waals surface area contributed by atoms with E-state index < -0.39 is 0 Å². The lowest BCUT2D eigenvalue weighted by Gasteiger charge is -2.55. The van der Waals surface area contributed by atoms with Gasteiger partial charge in [-0.15, -0.1) is 0 Å². The third kappa shape index (κ3) is 2.54. The summed E-state index contributed by atoms with van der Waals surface area (Å²) in [5.74, 6) is 1.81. The van der Waals surface area contributed by atoms with Crippen molar-refractivity contribution >= 4 is 0 Å². The Hall–Kier alpha value is -0.0800. The highest BCUT2D eigenvalue weighted by Gasteiger charge is 2.56. The lowest BCUT2D eigenvalue weighted by molar-refractivity contribution is -0.133. The second-order valence-corrected chi connectivity index (χ2v) is 7.80. The van der Waals surface area contributed by atoms with Gasteiger partial charge in [-0.05, 0) is 57.3 Å². The van der Waals surface area contributed by atoms with Gasteiger partial charge in [0.15, 0.2) is 0 Å².